The Hall–Kier alpha value is -4.68. The largest absolute Gasteiger partial charge is 0.0561 e. The molecule has 0 aliphatic heterocycles. The second-order valence-corrected chi connectivity index (χ2v) is 39.1. The summed E-state index contributed by atoms with van der Waals surface area (Å²) in [6.45, 7) is 72.8. The van der Waals surface area contributed by atoms with Gasteiger partial charge in [0.1, 0.15) is 0 Å². The summed E-state index contributed by atoms with van der Waals surface area (Å²) in [6, 6.07) is 42.1. The lowest BCUT2D eigenvalue weighted by Crippen LogP contribution is -2.56. The maximum Gasteiger partial charge on any atom is -0.00328 e. The van der Waals surface area contributed by atoms with Gasteiger partial charge in [0.25, 0.3) is 0 Å². The Bertz CT molecular complexity index is 2990. The van der Waals surface area contributed by atoms with Crippen LogP contribution in [0, 0.1) is 11.8 Å². The van der Waals surface area contributed by atoms with E-state index in [1.165, 1.54) is 139 Å². The van der Waals surface area contributed by atoms with Crippen molar-refractivity contribution in [2.45, 2.75) is 311 Å². The van der Waals surface area contributed by atoms with Gasteiger partial charge >= 0.3 is 0 Å². The third kappa shape index (κ3) is 13.0. The van der Waals surface area contributed by atoms with Crippen LogP contribution in [0.5, 0.6) is 0 Å². The molecule has 0 heteroatoms. The molecule has 4 aliphatic carbocycles. The Labute approximate surface area is 528 Å². The van der Waals surface area contributed by atoms with Crippen molar-refractivity contribution >= 4 is 0 Å². The molecule has 0 nitrogen and oxygen atoms in total. The highest BCUT2D eigenvalue weighted by Crippen LogP contribution is 2.68. The molecule has 464 valence electrons. The van der Waals surface area contributed by atoms with Gasteiger partial charge in [-0.3, -0.25) is 0 Å². The molecule has 0 saturated heterocycles. The minimum absolute atomic E-state index is 0.00707. The summed E-state index contributed by atoms with van der Waals surface area (Å²) in [5.74, 6) is 1.31. The van der Waals surface area contributed by atoms with Crippen molar-refractivity contribution in [3.63, 3.8) is 0 Å². The summed E-state index contributed by atoms with van der Waals surface area (Å²) in [4.78, 5) is 0. The maximum absolute atomic E-state index is 2.80. The summed E-state index contributed by atoms with van der Waals surface area (Å²) in [5.41, 5.74) is 28.3. The van der Waals surface area contributed by atoms with E-state index < -0.39 is 0 Å². The number of hydrogen-bond donors (Lipinski definition) is 0. The first-order valence-corrected chi connectivity index (χ1v) is 33.8. The van der Waals surface area contributed by atoms with Crippen molar-refractivity contribution in [2.75, 3.05) is 0 Å². The average Bonchev–Trinajstić information content (AvgIpc) is 0.704. The van der Waals surface area contributed by atoms with Crippen LogP contribution in [0.25, 0.3) is 44.5 Å². The van der Waals surface area contributed by atoms with Crippen molar-refractivity contribution in [1.82, 2.24) is 0 Å². The van der Waals surface area contributed by atoms with Crippen LogP contribution in [0.1, 0.15) is 313 Å². The van der Waals surface area contributed by atoms with Gasteiger partial charge in [-0.15, -0.1) is 0 Å². The molecule has 0 unspecified atom stereocenters. The summed E-state index contributed by atoms with van der Waals surface area (Å²) in [5, 5.41) is 0. The minimum Gasteiger partial charge on any atom is -0.0561 e. The van der Waals surface area contributed by atoms with Crippen molar-refractivity contribution < 1.29 is 0 Å². The zero-order chi connectivity index (χ0) is 64.3. The maximum atomic E-state index is 2.80. The lowest BCUT2D eigenvalue weighted by Gasteiger charge is -2.63. The number of benzene rings is 6. The van der Waals surface area contributed by atoms with E-state index in [0.717, 1.165) is 0 Å². The topological polar surface area (TPSA) is 0 Å². The minimum atomic E-state index is -0.152. The summed E-state index contributed by atoms with van der Waals surface area (Å²) < 4.78 is 0. The van der Waals surface area contributed by atoms with Crippen LogP contribution in [0.3, 0.4) is 0 Å². The third-order valence-corrected chi connectivity index (χ3v) is 21.0. The van der Waals surface area contributed by atoms with E-state index >= 15 is 0 Å². The molecule has 6 aromatic rings. The van der Waals surface area contributed by atoms with E-state index in [2.05, 4.69) is 305 Å². The zero-order valence-corrected chi connectivity index (χ0v) is 60.6. The Morgan fingerprint density at radius 2 is 0.407 bits per heavy atom. The molecule has 0 amide bonds. The molecule has 0 heterocycles. The Morgan fingerprint density at radius 1 is 0.233 bits per heavy atom. The van der Waals surface area contributed by atoms with Gasteiger partial charge in [-0.25, -0.2) is 0 Å². The Kier molecular flexibility index (Phi) is 16.0. The predicted molar refractivity (Wildman–Crippen MR) is 380 cm³/mol. The van der Waals surface area contributed by atoms with Crippen LogP contribution in [-0.4, -0.2) is 0 Å². The van der Waals surface area contributed by atoms with Crippen molar-refractivity contribution in [2.24, 2.45) is 11.8 Å². The fourth-order valence-electron chi connectivity index (χ4n) is 16.0. The molecule has 4 bridgehead atoms. The second-order valence-electron chi connectivity index (χ2n) is 39.1. The standard InChI is InChI=1S/C86H120/c1-75(2,3)59-32-55(33-60(40-59)76(4,5)6)69-44-67(45-70(73(69)83(25,26)27)56-34-61(77(7,8)9)41-62(35-56)78(10,11)12)85-48-53-31-54(49-85)51-86(50-53,52-85)68-46-71(57-36-63(79(13,14)15)42-64(37-57)80(16,17)18)74(84(28,29)30)72(47-68)58-38-65(81(19,20)21)43-66(39-58)82(22,23)24/h32-47,53-54H,31,48-52H2,1-30H3. The fraction of sp³-hybridized carbons (Fsp3) is 0.581. The predicted octanol–water partition coefficient (Wildman–Crippen LogP) is 25.1. The van der Waals surface area contributed by atoms with Crippen LogP contribution in [0.4, 0.5) is 0 Å². The second kappa shape index (κ2) is 20.9. The molecule has 4 fully saturated rings. The Morgan fingerprint density at radius 3 is 0.558 bits per heavy atom. The van der Waals surface area contributed by atoms with Gasteiger partial charge in [0.05, 0.1) is 0 Å². The zero-order valence-electron chi connectivity index (χ0n) is 60.6. The first kappa shape index (κ1) is 65.8. The van der Waals surface area contributed by atoms with E-state index in [1.807, 2.05) is 0 Å². The molecule has 0 radical (unpaired) electrons. The van der Waals surface area contributed by atoms with Crippen LogP contribution in [0.2, 0.25) is 0 Å². The van der Waals surface area contributed by atoms with E-state index in [1.54, 1.807) is 11.1 Å². The fourth-order valence-corrected chi connectivity index (χ4v) is 16.0. The molecule has 86 heavy (non-hydrogen) atoms. The lowest BCUT2D eigenvalue weighted by molar-refractivity contribution is -0.0280. The van der Waals surface area contributed by atoms with Crippen LogP contribution < -0.4 is 0 Å². The van der Waals surface area contributed by atoms with E-state index in [4.69, 9.17) is 0 Å². The van der Waals surface area contributed by atoms with Gasteiger partial charge in [-0.05, 0) is 227 Å². The number of hydrogen-bond acceptors (Lipinski definition) is 0. The highest BCUT2D eigenvalue weighted by molar-refractivity contribution is 5.85. The molecule has 0 N–H and O–H groups in total. The molecular weight excluding hydrogens is 1030 g/mol. The molecule has 0 aromatic heterocycles. The molecular formula is C86H120. The van der Waals surface area contributed by atoms with Crippen molar-refractivity contribution in [1.29, 1.82) is 0 Å². The monoisotopic (exact) mass is 1150 g/mol. The van der Waals surface area contributed by atoms with Crippen LogP contribution in [-0.2, 0) is 65.0 Å². The van der Waals surface area contributed by atoms with Crippen LogP contribution >= 0.6 is 0 Å². The van der Waals surface area contributed by atoms with Gasteiger partial charge in [0, 0.05) is 0 Å². The third-order valence-electron chi connectivity index (χ3n) is 21.0. The first-order chi connectivity index (χ1) is 38.8. The van der Waals surface area contributed by atoms with Crippen molar-refractivity contribution in [3.05, 3.63) is 164 Å². The first-order valence-electron chi connectivity index (χ1n) is 33.8. The summed E-state index contributed by atoms with van der Waals surface area (Å²) in [6.07, 6.45) is 7.55. The van der Waals surface area contributed by atoms with Gasteiger partial charge in [-0.2, -0.15) is 0 Å². The quantitative estimate of drug-likeness (QED) is 0.156. The highest BCUT2D eigenvalue weighted by Gasteiger charge is 2.59. The van der Waals surface area contributed by atoms with Crippen LogP contribution in [0.15, 0.2) is 97.1 Å². The molecule has 10 rings (SSSR count). The van der Waals surface area contributed by atoms with E-state index in [-0.39, 0.29) is 65.0 Å². The van der Waals surface area contributed by atoms with E-state index in [0.29, 0.717) is 11.8 Å². The van der Waals surface area contributed by atoms with Gasteiger partial charge in [-0.1, -0.05) is 305 Å². The molecule has 6 aromatic carbocycles. The lowest BCUT2D eigenvalue weighted by atomic mass is 9.41. The molecule has 4 saturated carbocycles. The summed E-state index contributed by atoms with van der Waals surface area (Å²) >= 11 is 0. The molecule has 4 aliphatic rings. The normalized spacial score (nSPS) is 21.0. The smallest absolute Gasteiger partial charge is 0.00328 e. The van der Waals surface area contributed by atoms with Gasteiger partial charge < -0.3 is 0 Å². The van der Waals surface area contributed by atoms with Gasteiger partial charge in [0.15, 0.2) is 0 Å². The summed E-state index contributed by atoms with van der Waals surface area (Å²) in [7, 11) is 0. The molecule has 0 atom stereocenters. The SMILES string of the molecule is CC(C)(C)c1cc(-c2cc(C34CC5CC(C3)CC(c3cc(-c6cc(C(C)(C)C)cc(C(C)(C)C)c6)c(C(C)(C)C)c(-c6cc(C(C)(C)C)cc(C(C)(C)C)c6)c3)(C5)C4)cc(-c3cc(C(C)(C)C)cc(C(C)(C)C)c3)c2C(C)(C)C)cc(C(C)(C)C)c1. The number of rotatable bonds is 6. The van der Waals surface area contributed by atoms with E-state index in [9.17, 15) is 0 Å². The average molecular weight is 1150 g/mol. The van der Waals surface area contributed by atoms with Crippen molar-refractivity contribution in [3.8, 4) is 44.5 Å². The highest BCUT2D eigenvalue weighted by atomic mass is 14.6. The Balaban J connectivity index is 1.41. The molecule has 0 spiro atoms. The van der Waals surface area contributed by atoms with Gasteiger partial charge in [0.2, 0.25) is 0 Å².